The molecule has 1 N–H and O–H groups in total. The Morgan fingerprint density at radius 1 is 1.52 bits per heavy atom. The summed E-state index contributed by atoms with van der Waals surface area (Å²) in [5.74, 6) is 0.441. The summed E-state index contributed by atoms with van der Waals surface area (Å²) in [6.45, 7) is 5.47. The van der Waals surface area contributed by atoms with Crippen LogP contribution in [0.25, 0.3) is 0 Å². The molecule has 0 aliphatic carbocycles. The molecule has 1 aliphatic heterocycles. The summed E-state index contributed by atoms with van der Waals surface area (Å²) in [4.78, 5) is 10.5. The second-order valence-corrected chi connectivity index (χ2v) is 5.27. The van der Waals surface area contributed by atoms with Crippen molar-refractivity contribution in [1.29, 1.82) is 0 Å². The Morgan fingerprint density at radius 3 is 3.05 bits per heavy atom. The first-order valence-electron chi connectivity index (χ1n) is 7.37. The molecule has 0 spiro atoms. The summed E-state index contributed by atoms with van der Waals surface area (Å²) >= 11 is 0. The van der Waals surface area contributed by atoms with Gasteiger partial charge >= 0.3 is 0 Å². The van der Waals surface area contributed by atoms with Crippen LogP contribution in [0.5, 0.6) is 0 Å². The Hall–Kier alpha value is -1.66. The third-order valence-electron chi connectivity index (χ3n) is 3.50. The van der Waals surface area contributed by atoms with Crippen LogP contribution < -0.4 is 5.32 Å². The highest BCUT2D eigenvalue weighted by Gasteiger charge is 2.16. The first-order chi connectivity index (χ1) is 10.2. The van der Waals surface area contributed by atoms with Crippen LogP contribution in [-0.2, 0) is 16.1 Å². The summed E-state index contributed by atoms with van der Waals surface area (Å²) in [5.41, 5.74) is 1.83. The summed E-state index contributed by atoms with van der Waals surface area (Å²) in [6.07, 6.45) is 2.02. The predicted molar refractivity (Wildman–Crippen MR) is 80.5 cm³/mol. The summed E-state index contributed by atoms with van der Waals surface area (Å²) in [6, 6.07) is 4.86. The number of rotatable bonds is 8. The molecule has 0 radical (unpaired) electrons. The number of nitrogens with zero attached hydrogens (tertiary/aromatic N) is 1. The SMILES string of the molecule is CCCNc1ccc([N+](=O)[O-])cc1COCC1CCOC1. The van der Waals surface area contributed by atoms with Gasteiger partial charge in [-0.2, -0.15) is 0 Å². The van der Waals surface area contributed by atoms with E-state index >= 15 is 0 Å². The molecule has 1 saturated heterocycles. The van der Waals surface area contributed by atoms with Crippen LogP contribution >= 0.6 is 0 Å². The van der Waals surface area contributed by atoms with Gasteiger partial charge in [-0.25, -0.2) is 0 Å². The quantitative estimate of drug-likeness (QED) is 0.589. The molecule has 1 fully saturated rings. The van der Waals surface area contributed by atoms with Crippen molar-refractivity contribution in [1.82, 2.24) is 0 Å². The van der Waals surface area contributed by atoms with Crippen molar-refractivity contribution in [3.63, 3.8) is 0 Å². The maximum absolute atomic E-state index is 10.9. The Kier molecular flexibility index (Phi) is 5.95. The van der Waals surface area contributed by atoms with E-state index in [2.05, 4.69) is 12.2 Å². The zero-order valence-corrected chi connectivity index (χ0v) is 12.3. The van der Waals surface area contributed by atoms with Crippen molar-refractivity contribution in [2.24, 2.45) is 5.92 Å². The topological polar surface area (TPSA) is 73.6 Å². The van der Waals surface area contributed by atoms with Gasteiger partial charge in [-0.05, 0) is 18.9 Å². The Balaban J connectivity index is 1.98. The molecular weight excluding hydrogens is 272 g/mol. The fourth-order valence-corrected chi connectivity index (χ4v) is 2.30. The molecule has 1 aromatic rings. The lowest BCUT2D eigenvalue weighted by Gasteiger charge is -2.13. The molecule has 0 aromatic heterocycles. The number of nitro groups is 1. The number of anilines is 1. The molecule has 21 heavy (non-hydrogen) atoms. The molecule has 0 saturated carbocycles. The van der Waals surface area contributed by atoms with Crippen LogP contribution in [0.1, 0.15) is 25.3 Å². The fraction of sp³-hybridized carbons (Fsp3) is 0.600. The molecule has 6 heteroatoms. The van der Waals surface area contributed by atoms with Gasteiger partial charge in [0.2, 0.25) is 0 Å². The van der Waals surface area contributed by atoms with Crippen LogP contribution in [0.2, 0.25) is 0 Å². The van der Waals surface area contributed by atoms with Crippen molar-refractivity contribution in [2.45, 2.75) is 26.4 Å². The average molecular weight is 294 g/mol. The van der Waals surface area contributed by atoms with E-state index in [0.717, 1.165) is 43.9 Å². The second kappa shape index (κ2) is 7.95. The van der Waals surface area contributed by atoms with E-state index in [1.807, 2.05) is 0 Å². The third-order valence-corrected chi connectivity index (χ3v) is 3.50. The number of nitrogens with one attached hydrogen (secondary N) is 1. The number of hydrogen-bond acceptors (Lipinski definition) is 5. The highest BCUT2D eigenvalue weighted by Crippen LogP contribution is 2.23. The van der Waals surface area contributed by atoms with Gasteiger partial charge in [0.15, 0.2) is 0 Å². The first kappa shape index (κ1) is 15.7. The summed E-state index contributed by atoms with van der Waals surface area (Å²) < 4.78 is 11.0. The number of ether oxygens (including phenoxy) is 2. The van der Waals surface area contributed by atoms with Gasteiger partial charge in [0, 0.05) is 42.5 Å². The van der Waals surface area contributed by atoms with Crippen molar-refractivity contribution in [3.8, 4) is 0 Å². The van der Waals surface area contributed by atoms with Crippen LogP contribution in [-0.4, -0.2) is 31.3 Å². The van der Waals surface area contributed by atoms with Crippen LogP contribution in [0.3, 0.4) is 0 Å². The highest BCUT2D eigenvalue weighted by atomic mass is 16.6. The maximum Gasteiger partial charge on any atom is 0.269 e. The van der Waals surface area contributed by atoms with E-state index in [9.17, 15) is 10.1 Å². The molecule has 0 amide bonds. The van der Waals surface area contributed by atoms with Gasteiger partial charge in [-0.1, -0.05) is 6.92 Å². The second-order valence-electron chi connectivity index (χ2n) is 5.27. The normalized spacial score (nSPS) is 17.9. The molecule has 2 rings (SSSR count). The van der Waals surface area contributed by atoms with Crippen LogP contribution in [0.15, 0.2) is 18.2 Å². The lowest BCUT2D eigenvalue weighted by molar-refractivity contribution is -0.384. The maximum atomic E-state index is 10.9. The molecule has 1 aliphatic rings. The van der Waals surface area contributed by atoms with E-state index in [4.69, 9.17) is 9.47 Å². The number of hydrogen-bond donors (Lipinski definition) is 1. The van der Waals surface area contributed by atoms with Crippen molar-refractivity contribution in [2.75, 3.05) is 31.7 Å². The van der Waals surface area contributed by atoms with Gasteiger partial charge in [-0.15, -0.1) is 0 Å². The van der Waals surface area contributed by atoms with E-state index in [1.165, 1.54) is 6.07 Å². The lowest BCUT2D eigenvalue weighted by Crippen LogP contribution is -2.10. The monoisotopic (exact) mass is 294 g/mol. The highest BCUT2D eigenvalue weighted by molar-refractivity contribution is 5.55. The third kappa shape index (κ3) is 4.68. The van der Waals surface area contributed by atoms with E-state index in [-0.39, 0.29) is 10.6 Å². The van der Waals surface area contributed by atoms with Crippen LogP contribution in [0, 0.1) is 16.0 Å². The Bertz CT molecular complexity index is 473. The largest absolute Gasteiger partial charge is 0.385 e. The van der Waals surface area contributed by atoms with Gasteiger partial charge < -0.3 is 14.8 Å². The summed E-state index contributed by atoms with van der Waals surface area (Å²) in [5, 5.41) is 14.2. The van der Waals surface area contributed by atoms with Crippen molar-refractivity contribution in [3.05, 3.63) is 33.9 Å². The molecule has 0 bridgehead atoms. The molecule has 1 aromatic carbocycles. The van der Waals surface area contributed by atoms with Gasteiger partial charge in [0.1, 0.15) is 0 Å². The van der Waals surface area contributed by atoms with Gasteiger partial charge in [0.05, 0.1) is 24.7 Å². The number of nitro benzene ring substituents is 1. The Labute approximate surface area is 124 Å². The minimum Gasteiger partial charge on any atom is -0.385 e. The molecule has 1 unspecified atom stereocenters. The fourth-order valence-electron chi connectivity index (χ4n) is 2.30. The predicted octanol–water partition coefficient (Wildman–Crippen LogP) is 2.97. The molecule has 1 heterocycles. The van der Waals surface area contributed by atoms with E-state index < -0.39 is 0 Å². The lowest BCUT2D eigenvalue weighted by atomic mass is 10.1. The zero-order chi connectivity index (χ0) is 15.1. The average Bonchev–Trinajstić information content (AvgIpc) is 2.99. The number of non-ortho nitro benzene ring substituents is 1. The molecule has 1 atom stereocenters. The summed E-state index contributed by atoms with van der Waals surface area (Å²) in [7, 11) is 0. The van der Waals surface area contributed by atoms with E-state index in [1.54, 1.807) is 12.1 Å². The zero-order valence-electron chi connectivity index (χ0n) is 12.3. The number of benzene rings is 1. The van der Waals surface area contributed by atoms with Crippen molar-refractivity contribution < 1.29 is 14.4 Å². The molecule has 6 nitrogen and oxygen atoms in total. The first-order valence-corrected chi connectivity index (χ1v) is 7.37. The minimum atomic E-state index is -0.377. The van der Waals surface area contributed by atoms with Crippen LogP contribution in [0.4, 0.5) is 11.4 Å². The standard InChI is InChI=1S/C15H22N2O4/c1-2-6-16-15-4-3-14(17(18)19)8-13(15)11-21-10-12-5-7-20-9-12/h3-4,8,12,16H,2,5-7,9-11H2,1H3. The van der Waals surface area contributed by atoms with Gasteiger partial charge in [-0.3, -0.25) is 10.1 Å². The van der Waals surface area contributed by atoms with Crippen molar-refractivity contribution >= 4 is 11.4 Å². The molecular formula is C15H22N2O4. The molecule has 116 valence electrons. The van der Waals surface area contributed by atoms with Gasteiger partial charge in [0.25, 0.3) is 5.69 Å². The Morgan fingerprint density at radius 2 is 2.38 bits per heavy atom. The smallest absolute Gasteiger partial charge is 0.269 e. The van der Waals surface area contributed by atoms with E-state index in [0.29, 0.717) is 19.1 Å². The minimum absolute atomic E-state index is 0.0971.